The molecule has 0 aromatic rings. The molecule has 0 nitrogen and oxygen atoms in total. The summed E-state index contributed by atoms with van der Waals surface area (Å²) in [4.78, 5) is 0. The fraction of sp³-hybridized carbons (Fsp3) is 1.00. The van der Waals surface area contributed by atoms with Crippen molar-refractivity contribution in [2.75, 3.05) is 0 Å². The van der Waals surface area contributed by atoms with Gasteiger partial charge >= 0.3 is 0 Å². The summed E-state index contributed by atoms with van der Waals surface area (Å²) in [5, 5.41) is 0. The van der Waals surface area contributed by atoms with Gasteiger partial charge in [-0.25, -0.2) is 0 Å². The van der Waals surface area contributed by atoms with Crippen molar-refractivity contribution in [2.45, 2.75) is 24.0 Å². The van der Waals surface area contributed by atoms with Crippen LogP contribution in [0, 0.1) is 0 Å². The summed E-state index contributed by atoms with van der Waals surface area (Å²) in [5.74, 6) is 0. The van der Waals surface area contributed by atoms with Gasteiger partial charge in [0.15, 0.2) is 0 Å². The molecule has 0 aliphatic heterocycles. The molecule has 0 atom stereocenters. The van der Waals surface area contributed by atoms with Crippen LogP contribution in [0.2, 0.25) is 0 Å². The molecule has 9 heavy (non-hydrogen) atoms. The van der Waals surface area contributed by atoms with Crippen LogP contribution >= 0.6 is 68.4 Å². The lowest BCUT2D eigenvalue weighted by atomic mass is 9.55. The van der Waals surface area contributed by atoms with E-state index in [1.54, 1.807) is 0 Å². The van der Waals surface area contributed by atoms with Crippen LogP contribution in [-0.2, 0) is 0 Å². The molecule has 0 radical (unpaired) electrons. The van der Waals surface area contributed by atoms with E-state index >= 15 is 0 Å². The molecular formula is C5H4Cl2I2. The maximum Gasteiger partial charge on any atom is 0.147 e. The zero-order valence-electron chi connectivity index (χ0n) is 4.43. The third-order valence-corrected chi connectivity index (χ3v) is 8.11. The van der Waals surface area contributed by atoms with E-state index in [0.717, 1.165) is 0 Å². The number of hydrogen-bond donors (Lipinski definition) is 0. The van der Waals surface area contributed by atoms with Crippen molar-refractivity contribution in [3.63, 3.8) is 0 Å². The zero-order chi connectivity index (χ0) is 6.91. The van der Waals surface area contributed by atoms with Crippen molar-refractivity contribution in [3.8, 4) is 0 Å². The van der Waals surface area contributed by atoms with Crippen LogP contribution < -0.4 is 0 Å². The predicted octanol–water partition coefficient (Wildman–Crippen LogP) is 3.32. The normalized spacial score (nSPS) is 60.0. The van der Waals surface area contributed by atoms with E-state index in [0.29, 0.717) is 0 Å². The molecule has 52 valence electrons. The Kier molecular flexibility index (Phi) is 1.44. The highest BCUT2D eigenvalue weighted by molar-refractivity contribution is 14.1. The third kappa shape index (κ3) is 0.632. The third-order valence-electron chi connectivity index (χ3n) is 2.25. The largest absolute Gasteiger partial charge is 0.147 e. The lowest BCUT2D eigenvalue weighted by Gasteiger charge is -2.73. The minimum absolute atomic E-state index is 0.217. The molecule has 0 aromatic heterocycles. The first-order valence-electron chi connectivity index (χ1n) is 2.67. The van der Waals surface area contributed by atoms with Crippen molar-refractivity contribution < 1.29 is 0 Å². The molecule has 4 heteroatoms. The van der Waals surface area contributed by atoms with Gasteiger partial charge in [-0.15, -0.1) is 0 Å². The Hall–Kier alpha value is 2.04. The van der Waals surface area contributed by atoms with Gasteiger partial charge in [0.1, 0.15) is 4.33 Å². The molecule has 3 aliphatic carbocycles. The summed E-state index contributed by atoms with van der Waals surface area (Å²) in [6.07, 6.45) is 2.38. The van der Waals surface area contributed by atoms with Gasteiger partial charge in [0.25, 0.3) is 0 Å². The first kappa shape index (κ1) is 7.68. The van der Waals surface area contributed by atoms with Crippen LogP contribution in [0.25, 0.3) is 0 Å². The lowest BCUT2D eigenvalue weighted by molar-refractivity contribution is 0.110. The summed E-state index contributed by atoms with van der Waals surface area (Å²) < 4.78 is 0.00520. The van der Waals surface area contributed by atoms with Crippen LogP contribution in [0.15, 0.2) is 0 Å². The Morgan fingerprint density at radius 1 is 1.00 bits per heavy atom. The average molecular weight is 389 g/mol. The monoisotopic (exact) mass is 388 g/mol. The maximum absolute atomic E-state index is 6.04. The standard InChI is InChI=1S/C5H4Cl2I2/c6-5(7)3(8)1-4(5,9)2-3/h1-2H2. The van der Waals surface area contributed by atoms with Crippen molar-refractivity contribution in [3.05, 3.63) is 0 Å². The fourth-order valence-electron chi connectivity index (χ4n) is 1.47. The van der Waals surface area contributed by atoms with Crippen molar-refractivity contribution in [1.29, 1.82) is 0 Å². The molecular weight excluding hydrogens is 385 g/mol. The van der Waals surface area contributed by atoms with Gasteiger partial charge in [-0.3, -0.25) is 0 Å². The number of rotatable bonds is 0. The van der Waals surface area contributed by atoms with Gasteiger partial charge in [0, 0.05) is 0 Å². The number of alkyl halides is 4. The molecule has 0 saturated heterocycles. The van der Waals surface area contributed by atoms with Gasteiger partial charge < -0.3 is 0 Å². The van der Waals surface area contributed by atoms with Gasteiger partial charge in [-0.2, -0.15) is 0 Å². The Balaban J connectivity index is 2.31. The molecule has 0 spiro atoms. The second-order valence-electron chi connectivity index (χ2n) is 2.86. The molecule has 3 fully saturated rings. The molecule has 2 bridgehead atoms. The molecule has 0 N–H and O–H groups in total. The number of hydrogen-bond acceptors (Lipinski definition) is 0. The topological polar surface area (TPSA) is 0 Å². The minimum Gasteiger partial charge on any atom is -0.0987 e. The predicted molar refractivity (Wildman–Crippen MR) is 57.2 cm³/mol. The molecule has 0 heterocycles. The summed E-state index contributed by atoms with van der Waals surface area (Å²) in [7, 11) is 0. The first-order valence-corrected chi connectivity index (χ1v) is 5.58. The fourth-order valence-corrected chi connectivity index (χ4v) is 7.62. The van der Waals surface area contributed by atoms with Crippen molar-refractivity contribution in [2.24, 2.45) is 0 Å². The van der Waals surface area contributed by atoms with Gasteiger partial charge in [0.05, 0.1) is 6.84 Å². The van der Waals surface area contributed by atoms with E-state index in [9.17, 15) is 0 Å². The van der Waals surface area contributed by atoms with Crippen LogP contribution in [0.5, 0.6) is 0 Å². The highest BCUT2D eigenvalue weighted by Crippen LogP contribution is 2.80. The van der Waals surface area contributed by atoms with E-state index in [4.69, 9.17) is 23.2 Å². The molecule has 0 unspecified atom stereocenters. The highest BCUT2D eigenvalue weighted by Gasteiger charge is 2.82. The van der Waals surface area contributed by atoms with Gasteiger partial charge in [-0.05, 0) is 12.8 Å². The summed E-state index contributed by atoms with van der Waals surface area (Å²) in [5.41, 5.74) is 0. The Bertz CT molecular complexity index is 156. The van der Waals surface area contributed by atoms with E-state index in [2.05, 4.69) is 45.2 Å². The molecule has 3 rings (SSSR count). The summed E-state index contributed by atoms with van der Waals surface area (Å²) in [6.45, 7) is 0. The quantitative estimate of drug-likeness (QED) is 0.441. The number of halogens is 4. The van der Waals surface area contributed by atoms with E-state index in [1.807, 2.05) is 0 Å². The molecule has 3 saturated carbocycles. The lowest BCUT2D eigenvalue weighted by Crippen LogP contribution is -2.81. The molecule has 0 amide bonds. The van der Waals surface area contributed by atoms with Crippen LogP contribution in [0.3, 0.4) is 0 Å². The SMILES string of the molecule is ClC1(Cl)C2(I)CC1(I)C2. The first-order chi connectivity index (χ1) is 3.91. The van der Waals surface area contributed by atoms with Crippen LogP contribution in [-0.4, -0.2) is 11.2 Å². The van der Waals surface area contributed by atoms with Gasteiger partial charge in [0.2, 0.25) is 0 Å². The highest BCUT2D eigenvalue weighted by atomic mass is 127. The minimum atomic E-state index is -0.429. The summed E-state index contributed by atoms with van der Waals surface area (Å²) in [6, 6.07) is 0. The Morgan fingerprint density at radius 3 is 1.33 bits per heavy atom. The summed E-state index contributed by atoms with van der Waals surface area (Å²) >= 11 is 16.8. The second kappa shape index (κ2) is 1.69. The average Bonchev–Trinajstić information content (AvgIpc) is 1.64. The zero-order valence-corrected chi connectivity index (χ0v) is 10.3. The Morgan fingerprint density at radius 2 is 1.33 bits per heavy atom. The van der Waals surface area contributed by atoms with Crippen LogP contribution in [0.4, 0.5) is 0 Å². The maximum atomic E-state index is 6.04. The van der Waals surface area contributed by atoms with E-state index in [1.165, 1.54) is 12.8 Å². The smallest absolute Gasteiger partial charge is 0.0987 e. The molecule has 3 aliphatic rings. The van der Waals surface area contributed by atoms with E-state index in [-0.39, 0.29) is 6.84 Å². The molecule has 0 aromatic carbocycles. The second-order valence-corrected chi connectivity index (χ2v) is 8.32. The van der Waals surface area contributed by atoms with Crippen LogP contribution in [0.1, 0.15) is 12.8 Å². The van der Waals surface area contributed by atoms with Crippen molar-refractivity contribution in [1.82, 2.24) is 0 Å². The Labute approximate surface area is 91.3 Å². The van der Waals surface area contributed by atoms with Gasteiger partial charge in [-0.1, -0.05) is 68.4 Å². The van der Waals surface area contributed by atoms with Crippen molar-refractivity contribution >= 4 is 68.4 Å². The van der Waals surface area contributed by atoms with E-state index < -0.39 is 4.33 Å².